The van der Waals surface area contributed by atoms with Gasteiger partial charge < -0.3 is 16.2 Å². The maximum atomic E-state index is 11.6. The Morgan fingerprint density at radius 3 is 2.52 bits per heavy atom. The van der Waals surface area contributed by atoms with Crippen LogP contribution in [0.5, 0.6) is 0 Å². The van der Waals surface area contributed by atoms with Crippen molar-refractivity contribution in [1.82, 2.24) is 0 Å². The molecule has 5 nitrogen and oxygen atoms in total. The van der Waals surface area contributed by atoms with Crippen molar-refractivity contribution >= 4 is 29.2 Å². The second-order valence-electron chi connectivity index (χ2n) is 5.53. The number of hydrogen-bond donors (Lipinski definition) is 3. The van der Waals surface area contributed by atoms with Crippen LogP contribution in [0, 0.1) is 5.41 Å². The molecule has 1 fully saturated rings. The average Bonchev–Trinajstić information content (AvgIpc) is 2.45. The van der Waals surface area contributed by atoms with Gasteiger partial charge in [0.2, 0.25) is 0 Å². The van der Waals surface area contributed by atoms with E-state index < -0.39 is 17.3 Å². The molecule has 1 amide bonds. The molecular weight excluding hydrogens is 292 g/mol. The smallest absolute Gasteiger partial charge is 0.311 e. The van der Waals surface area contributed by atoms with Crippen LogP contribution in [-0.2, 0) is 4.79 Å². The molecule has 6 heteroatoms. The lowest BCUT2D eigenvalue weighted by atomic mass is 9.74. The zero-order valence-corrected chi connectivity index (χ0v) is 12.4. The highest BCUT2D eigenvalue weighted by molar-refractivity contribution is 6.34. The summed E-state index contributed by atoms with van der Waals surface area (Å²) in [6.45, 7) is 0.267. The normalized spacial score (nSPS) is 17.2. The Kier molecular flexibility index (Phi) is 4.73. The van der Waals surface area contributed by atoms with Crippen LogP contribution in [0.15, 0.2) is 18.2 Å². The molecular formula is C15H19ClN2O3. The molecule has 0 aliphatic heterocycles. The summed E-state index contributed by atoms with van der Waals surface area (Å²) in [5.74, 6) is -1.42. The molecule has 0 spiro atoms. The Morgan fingerprint density at radius 2 is 1.95 bits per heavy atom. The standard InChI is InChI=1S/C15H19ClN2O3/c16-10-5-4-6-11(12(10)13(17)19)18-9-15(14(20)21)7-2-1-3-8-15/h4-6,18H,1-3,7-9H2,(H2,17,19)(H,20,21). The van der Waals surface area contributed by atoms with E-state index in [1.807, 2.05) is 0 Å². The molecule has 1 aliphatic carbocycles. The SMILES string of the molecule is NC(=O)c1c(Cl)cccc1NCC1(C(=O)O)CCCCC1. The summed E-state index contributed by atoms with van der Waals surface area (Å²) < 4.78 is 0. The molecule has 114 valence electrons. The first-order valence-electron chi connectivity index (χ1n) is 7.02. The van der Waals surface area contributed by atoms with E-state index in [2.05, 4.69) is 5.32 Å². The molecule has 0 heterocycles. The monoisotopic (exact) mass is 310 g/mol. The summed E-state index contributed by atoms with van der Waals surface area (Å²) >= 11 is 5.99. The topological polar surface area (TPSA) is 92.4 Å². The molecule has 4 N–H and O–H groups in total. The molecule has 1 saturated carbocycles. The third-order valence-corrected chi connectivity index (χ3v) is 4.46. The Bertz CT molecular complexity index is 554. The number of primary amides is 1. The molecule has 0 radical (unpaired) electrons. The van der Waals surface area contributed by atoms with Crippen molar-refractivity contribution in [2.75, 3.05) is 11.9 Å². The summed E-state index contributed by atoms with van der Waals surface area (Å²) in [4.78, 5) is 23.1. The number of carbonyl (C=O) groups excluding carboxylic acids is 1. The first-order chi connectivity index (χ1) is 9.96. The molecule has 0 atom stereocenters. The number of benzene rings is 1. The van der Waals surface area contributed by atoms with Gasteiger partial charge in [0.25, 0.3) is 5.91 Å². The van der Waals surface area contributed by atoms with E-state index in [9.17, 15) is 14.7 Å². The number of nitrogens with one attached hydrogen (secondary N) is 1. The first-order valence-corrected chi connectivity index (χ1v) is 7.40. The van der Waals surface area contributed by atoms with Crippen LogP contribution >= 0.6 is 11.6 Å². The molecule has 1 aromatic carbocycles. The number of halogens is 1. The number of carboxylic acid groups (broad SMARTS) is 1. The highest BCUT2D eigenvalue weighted by Gasteiger charge is 2.39. The Labute approximate surface area is 128 Å². The highest BCUT2D eigenvalue weighted by atomic mass is 35.5. The van der Waals surface area contributed by atoms with Crippen molar-refractivity contribution in [3.8, 4) is 0 Å². The lowest BCUT2D eigenvalue weighted by Gasteiger charge is -2.33. The summed E-state index contributed by atoms with van der Waals surface area (Å²) in [6, 6.07) is 4.97. The lowest BCUT2D eigenvalue weighted by Crippen LogP contribution is -2.40. The molecule has 0 aromatic heterocycles. The van der Waals surface area contributed by atoms with E-state index in [1.165, 1.54) is 0 Å². The van der Waals surface area contributed by atoms with Crippen molar-refractivity contribution in [1.29, 1.82) is 0 Å². The number of amides is 1. The number of anilines is 1. The van der Waals surface area contributed by atoms with Gasteiger partial charge in [-0.25, -0.2) is 0 Å². The van der Waals surface area contributed by atoms with E-state index in [1.54, 1.807) is 18.2 Å². The summed E-state index contributed by atoms with van der Waals surface area (Å²) in [7, 11) is 0. The van der Waals surface area contributed by atoms with Gasteiger partial charge in [0, 0.05) is 12.2 Å². The van der Waals surface area contributed by atoms with E-state index in [0.29, 0.717) is 18.5 Å². The number of carbonyl (C=O) groups is 2. The molecule has 21 heavy (non-hydrogen) atoms. The van der Waals surface area contributed by atoms with Crippen molar-refractivity contribution < 1.29 is 14.7 Å². The Hall–Kier alpha value is -1.75. The largest absolute Gasteiger partial charge is 0.481 e. The van der Waals surface area contributed by atoms with Crippen LogP contribution in [0.25, 0.3) is 0 Å². The number of nitrogens with two attached hydrogens (primary N) is 1. The second-order valence-corrected chi connectivity index (χ2v) is 5.93. The van der Waals surface area contributed by atoms with Crippen LogP contribution in [0.3, 0.4) is 0 Å². The minimum atomic E-state index is -0.794. The van der Waals surface area contributed by atoms with Gasteiger partial charge in [0.1, 0.15) is 0 Å². The molecule has 0 bridgehead atoms. The van der Waals surface area contributed by atoms with Crippen molar-refractivity contribution in [2.45, 2.75) is 32.1 Å². The zero-order chi connectivity index (χ0) is 15.5. The van der Waals surface area contributed by atoms with Crippen molar-refractivity contribution in [2.24, 2.45) is 11.1 Å². The van der Waals surface area contributed by atoms with Gasteiger partial charge in [-0.05, 0) is 25.0 Å². The van der Waals surface area contributed by atoms with Gasteiger partial charge >= 0.3 is 5.97 Å². The maximum absolute atomic E-state index is 11.6. The molecule has 1 aliphatic rings. The van der Waals surface area contributed by atoms with Crippen LogP contribution < -0.4 is 11.1 Å². The minimum absolute atomic E-state index is 0.204. The van der Waals surface area contributed by atoms with Gasteiger partial charge in [-0.1, -0.05) is 36.9 Å². The summed E-state index contributed by atoms with van der Waals surface area (Å²) in [5.41, 5.74) is 5.25. The van der Waals surface area contributed by atoms with Crippen molar-refractivity contribution in [3.63, 3.8) is 0 Å². The zero-order valence-electron chi connectivity index (χ0n) is 11.7. The van der Waals surface area contributed by atoms with Crippen LogP contribution in [0.4, 0.5) is 5.69 Å². The van der Waals surface area contributed by atoms with Crippen molar-refractivity contribution in [3.05, 3.63) is 28.8 Å². The lowest BCUT2D eigenvalue weighted by molar-refractivity contribution is -0.150. The van der Waals surface area contributed by atoms with Gasteiger partial charge in [-0.3, -0.25) is 9.59 Å². The number of carboxylic acids is 1. The average molecular weight is 311 g/mol. The van der Waals surface area contributed by atoms with E-state index in [0.717, 1.165) is 19.3 Å². The molecule has 2 rings (SSSR count). The van der Waals surface area contributed by atoms with Gasteiger partial charge in [-0.2, -0.15) is 0 Å². The molecule has 0 unspecified atom stereocenters. The number of aliphatic carboxylic acids is 1. The molecule has 1 aromatic rings. The predicted molar refractivity (Wildman–Crippen MR) is 81.6 cm³/mol. The van der Waals surface area contributed by atoms with Crippen LogP contribution in [0.2, 0.25) is 5.02 Å². The van der Waals surface area contributed by atoms with Crippen LogP contribution in [0.1, 0.15) is 42.5 Å². The second kappa shape index (κ2) is 6.35. The van der Waals surface area contributed by atoms with Gasteiger partial charge in [-0.15, -0.1) is 0 Å². The van der Waals surface area contributed by atoms with Gasteiger partial charge in [0.15, 0.2) is 0 Å². The summed E-state index contributed by atoms with van der Waals surface area (Å²) in [6.07, 6.45) is 4.17. The quantitative estimate of drug-likeness (QED) is 0.779. The van der Waals surface area contributed by atoms with E-state index >= 15 is 0 Å². The first kappa shape index (κ1) is 15.6. The maximum Gasteiger partial charge on any atom is 0.311 e. The number of hydrogen-bond acceptors (Lipinski definition) is 3. The van der Waals surface area contributed by atoms with E-state index in [4.69, 9.17) is 17.3 Å². The highest BCUT2D eigenvalue weighted by Crippen LogP contribution is 2.37. The fraction of sp³-hybridized carbons (Fsp3) is 0.467. The molecule has 0 saturated heterocycles. The third kappa shape index (κ3) is 3.29. The van der Waals surface area contributed by atoms with E-state index in [-0.39, 0.29) is 17.1 Å². The third-order valence-electron chi connectivity index (χ3n) is 4.14. The number of rotatable bonds is 5. The van der Waals surface area contributed by atoms with Crippen LogP contribution in [-0.4, -0.2) is 23.5 Å². The summed E-state index contributed by atoms with van der Waals surface area (Å²) in [5, 5.41) is 12.9. The Morgan fingerprint density at radius 1 is 1.29 bits per heavy atom. The fourth-order valence-electron chi connectivity index (χ4n) is 2.88. The Balaban J connectivity index is 2.20. The predicted octanol–water partition coefficient (Wildman–Crippen LogP) is 2.89. The fourth-order valence-corrected chi connectivity index (χ4v) is 3.15. The minimum Gasteiger partial charge on any atom is -0.481 e. The van der Waals surface area contributed by atoms with Gasteiger partial charge in [0.05, 0.1) is 16.0 Å².